The Bertz CT molecular complexity index is 421. The van der Waals surface area contributed by atoms with E-state index < -0.39 is 0 Å². The molecule has 0 radical (unpaired) electrons. The van der Waals surface area contributed by atoms with Gasteiger partial charge in [-0.25, -0.2) is 0 Å². The topological polar surface area (TPSA) is 35.2 Å². The van der Waals surface area contributed by atoms with Gasteiger partial charge < -0.3 is 10.5 Å². The number of ether oxygens (including phenoxy) is 1. The van der Waals surface area contributed by atoms with Gasteiger partial charge in [-0.05, 0) is 36.8 Å². The van der Waals surface area contributed by atoms with Gasteiger partial charge in [0.15, 0.2) is 0 Å². The maximum absolute atomic E-state index is 6.52. The van der Waals surface area contributed by atoms with E-state index in [4.69, 9.17) is 10.5 Å². The molecule has 3 heteroatoms. The average molecular weight is 326 g/mol. The second-order valence-electron chi connectivity index (χ2n) is 5.61. The van der Waals surface area contributed by atoms with Gasteiger partial charge in [0, 0.05) is 16.1 Å². The SMILES string of the molecule is CCC1CCCC(C(N)c2ccc(Br)cc2OC)C1. The van der Waals surface area contributed by atoms with Crippen molar-refractivity contribution in [3.63, 3.8) is 0 Å². The summed E-state index contributed by atoms with van der Waals surface area (Å²) in [5.41, 5.74) is 7.66. The van der Waals surface area contributed by atoms with E-state index in [1.165, 1.54) is 32.1 Å². The minimum Gasteiger partial charge on any atom is -0.496 e. The van der Waals surface area contributed by atoms with Crippen molar-refractivity contribution in [1.82, 2.24) is 0 Å². The summed E-state index contributed by atoms with van der Waals surface area (Å²) in [6.07, 6.45) is 6.47. The third-order valence-electron chi connectivity index (χ3n) is 4.46. The molecule has 19 heavy (non-hydrogen) atoms. The third kappa shape index (κ3) is 3.51. The monoisotopic (exact) mass is 325 g/mol. The van der Waals surface area contributed by atoms with E-state index in [2.05, 4.69) is 35.0 Å². The number of hydrogen-bond acceptors (Lipinski definition) is 2. The van der Waals surface area contributed by atoms with Crippen molar-refractivity contribution in [2.24, 2.45) is 17.6 Å². The normalized spacial score (nSPS) is 25.1. The zero-order valence-electron chi connectivity index (χ0n) is 11.9. The minimum atomic E-state index is 0.0948. The second kappa shape index (κ2) is 6.76. The van der Waals surface area contributed by atoms with Crippen LogP contribution in [0.4, 0.5) is 0 Å². The van der Waals surface area contributed by atoms with Crippen LogP contribution in [0, 0.1) is 11.8 Å². The van der Waals surface area contributed by atoms with Crippen molar-refractivity contribution in [2.45, 2.75) is 45.1 Å². The molecule has 0 aliphatic heterocycles. The largest absolute Gasteiger partial charge is 0.496 e. The van der Waals surface area contributed by atoms with Crippen LogP contribution in [-0.4, -0.2) is 7.11 Å². The first-order valence-corrected chi connectivity index (χ1v) is 8.04. The molecular weight excluding hydrogens is 302 g/mol. The van der Waals surface area contributed by atoms with Crippen molar-refractivity contribution in [1.29, 1.82) is 0 Å². The number of nitrogens with two attached hydrogens (primary N) is 1. The van der Waals surface area contributed by atoms with E-state index in [-0.39, 0.29) is 6.04 Å². The second-order valence-corrected chi connectivity index (χ2v) is 6.53. The highest BCUT2D eigenvalue weighted by molar-refractivity contribution is 9.10. The van der Waals surface area contributed by atoms with Gasteiger partial charge in [-0.1, -0.05) is 48.2 Å². The number of halogens is 1. The molecule has 3 unspecified atom stereocenters. The third-order valence-corrected chi connectivity index (χ3v) is 4.96. The van der Waals surface area contributed by atoms with Gasteiger partial charge in [-0.3, -0.25) is 0 Å². The summed E-state index contributed by atoms with van der Waals surface area (Å²) in [5.74, 6) is 2.35. The molecule has 2 N–H and O–H groups in total. The zero-order valence-corrected chi connectivity index (χ0v) is 13.4. The smallest absolute Gasteiger partial charge is 0.124 e. The Kier molecular flexibility index (Phi) is 5.28. The molecule has 0 bridgehead atoms. The van der Waals surface area contributed by atoms with Gasteiger partial charge in [0.25, 0.3) is 0 Å². The van der Waals surface area contributed by atoms with Crippen molar-refractivity contribution < 1.29 is 4.74 Å². The lowest BCUT2D eigenvalue weighted by Gasteiger charge is -2.33. The van der Waals surface area contributed by atoms with Crippen LogP contribution >= 0.6 is 15.9 Å². The van der Waals surface area contributed by atoms with Gasteiger partial charge in [0.05, 0.1) is 7.11 Å². The molecule has 1 fully saturated rings. The lowest BCUT2D eigenvalue weighted by Crippen LogP contribution is -2.27. The Balaban J connectivity index is 2.16. The molecular formula is C16H24BrNO. The van der Waals surface area contributed by atoms with Crippen LogP contribution in [0.15, 0.2) is 22.7 Å². The highest BCUT2D eigenvalue weighted by atomic mass is 79.9. The van der Waals surface area contributed by atoms with E-state index in [9.17, 15) is 0 Å². The molecule has 1 saturated carbocycles. The van der Waals surface area contributed by atoms with Gasteiger partial charge in [0.2, 0.25) is 0 Å². The first-order chi connectivity index (χ1) is 9.15. The lowest BCUT2D eigenvalue weighted by molar-refractivity contribution is 0.228. The van der Waals surface area contributed by atoms with Gasteiger partial charge in [0.1, 0.15) is 5.75 Å². The summed E-state index contributed by atoms with van der Waals surface area (Å²) in [7, 11) is 1.72. The molecule has 2 rings (SSSR count). The highest BCUT2D eigenvalue weighted by Crippen LogP contribution is 2.40. The summed E-state index contributed by atoms with van der Waals surface area (Å²) >= 11 is 3.48. The molecule has 106 valence electrons. The maximum Gasteiger partial charge on any atom is 0.124 e. The fourth-order valence-electron chi connectivity index (χ4n) is 3.24. The number of methoxy groups -OCH3 is 1. The standard InChI is InChI=1S/C16H24BrNO/c1-3-11-5-4-6-12(9-11)16(18)14-8-7-13(17)10-15(14)19-2/h7-8,10-12,16H,3-6,9,18H2,1-2H3. The van der Waals surface area contributed by atoms with Crippen LogP contribution in [0.5, 0.6) is 5.75 Å². The van der Waals surface area contributed by atoms with Crippen LogP contribution in [0.2, 0.25) is 0 Å². The molecule has 1 aliphatic rings. The van der Waals surface area contributed by atoms with Crippen LogP contribution in [0.25, 0.3) is 0 Å². The van der Waals surface area contributed by atoms with E-state index in [0.717, 1.165) is 21.7 Å². The van der Waals surface area contributed by atoms with Crippen molar-refractivity contribution in [2.75, 3.05) is 7.11 Å². The summed E-state index contributed by atoms with van der Waals surface area (Å²) in [6.45, 7) is 2.29. The fraction of sp³-hybridized carbons (Fsp3) is 0.625. The molecule has 1 aromatic carbocycles. The number of benzene rings is 1. The molecule has 3 atom stereocenters. The number of rotatable bonds is 4. The zero-order chi connectivity index (χ0) is 13.8. The van der Waals surface area contributed by atoms with Crippen LogP contribution in [0.1, 0.15) is 50.6 Å². The molecule has 0 aromatic heterocycles. The van der Waals surface area contributed by atoms with Crippen LogP contribution < -0.4 is 10.5 Å². The highest BCUT2D eigenvalue weighted by Gasteiger charge is 2.28. The molecule has 0 spiro atoms. The Hall–Kier alpha value is -0.540. The molecule has 1 aromatic rings. The molecule has 0 saturated heterocycles. The number of hydrogen-bond donors (Lipinski definition) is 1. The van der Waals surface area contributed by atoms with E-state index in [0.29, 0.717) is 5.92 Å². The van der Waals surface area contributed by atoms with Gasteiger partial charge in [-0.15, -0.1) is 0 Å². The summed E-state index contributed by atoms with van der Waals surface area (Å²) in [6, 6.07) is 6.26. The predicted octanol–water partition coefficient (Wildman–Crippen LogP) is 4.67. The van der Waals surface area contributed by atoms with Gasteiger partial charge >= 0.3 is 0 Å². The predicted molar refractivity (Wildman–Crippen MR) is 83.4 cm³/mol. The molecule has 2 nitrogen and oxygen atoms in total. The lowest BCUT2D eigenvalue weighted by atomic mass is 9.75. The average Bonchev–Trinajstić information content (AvgIpc) is 2.46. The molecule has 0 amide bonds. The Morgan fingerprint density at radius 3 is 2.89 bits per heavy atom. The molecule has 1 aliphatic carbocycles. The minimum absolute atomic E-state index is 0.0948. The van der Waals surface area contributed by atoms with Gasteiger partial charge in [-0.2, -0.15) is 0 Å². The van der Waals surface area contributed by atoms with Crippen molar-refractivity contribution >= 4 is 15.9 Å². The van der Waals surface area contributed by atoms with Crippen molar-refractivity contribution in [3.05, 3.63) is 28.2 Å². The quantitative estimate of drug-likeness (QED) is 0.872. The first kappa shape index (κ1) is 14.9. The summed E-state index contributed by atoms with van der Waals surface area (Å²) in [4.78, 5) is 0. The van der Waals surface area contributed by atoms with E-state index >= 15 is 0 Å². The van der Waals surface area contributed by atoms with Crippen LogP contribution in [-0.2, 0) is 0 Å². The first-order valence-electron chi connectivity index (χ1n) is 7.24. The van der Waals surface area contributed by atoms with Crippen LogP contribution in [0.3, 0.4) is 0 Å². The fourth-order valence-corrected chi connectivity index (χ4v) is 3.58. The van der Waals surface area contributed by atoms with E-state index in [1.807, 2.05) is 6.07 Å². The summed E-state index contributed by atoms with van der Waals surface area (Å²) < 4.78 is 6.52. The van der Waals surface area contributed by atoms with E-state index in [1.54, 1.807) is 7.11 Å². The molecule has 0 heterocycles. The Morgan fingerprint density at radius 1 is 1.42 bits per heavy atom. The van der Waals surface area contributed by atoms with Crippen molar-refractivity contribution in [3.8, 4) is 5.75 Å². The Labute approximate surface area is 124 Å². The summed E-state index contributed by atoms with van der Waals surface area (Å²) in [5, 5.41) is 0. The Morgan fingerprint density at radius 2 is 2.21 bits per heavy atom. The maximum atomic E-state index is 6.52.